The largest absolute Gasteiger partial charge is 0.390 e. The number of nitrogens with zero attached hydrogens (tertiary/aromatic N) is 3. The van der Waals surface area contributed by atoms with Crippen LogP contribution in [-0.2, 0) is 6.54 Å². The number of aromatic nitrogens is 2. The van der Waals surface area contributed by atoms with E-state index in [4.69, 9.17) is 0 Å². The molecule has 1 unspecified atom stereocenters. The third-order valence-electron chi connectivity index (χ3n) is 5.03. The Labute approximate surface area is 149 Å². The number of hydrogen-bond acceptors (Lipinski definition) is 4. The lowest BCUT2D eigenvalue weighted by atomic mass is 9.87. The zero-order valence-electron chi connectivity index (χ0n) is 15.1. The van der Waals surface area contributed by atoms with Gasteiger partial charge in [0.2, 0.25) is 0 Å². The van der Waals surface area contributed by atoms with Gasteiger partial charge in [0, 0.05) is 30.4 Å². The van der Waals surface area contributed by atoms with Crippen molar-refractivity contribution < 1.29 is 9.90 Å². The molecule has 5 nitrogen and oxygen atoms in total. The zero-order valence-corrected chi connectivity index (χ0v) is 15.1. The predicted octanol–water partition coefficient (Wildman–Crippen LogP) is 2.46. The van der Waals surface area contributed by atoms with Gasteiger partial charge in [-0.1, -0.05) is 23.8 Å². The van der Waals surface area contributed by atoms with E-state index in [2.05, 4.69) is 16.1 Å². The molecule has 1 aromatic carbocycles. The summed E-state index contributed by atoms with van der Waals surface area (Å²) in [6, 6.07) is 7.92. The Morgan fingerprint density at radius 2 is 2.04 bits per heavy atom. The number of aliphatic hydroxyl groups is 1. The Balaban J connectivity index is 1.50. The number of aliphatic hydroxyl groups excluding tert-OH is 1. The van der Waals surface area contributed by atoms with E-state index in [1.807, 2.05) is 38.2 Å². The van der Waals surface area contributed by atoms with E-state index in [-0.39, 0.29) is 11.7 Å². The van der Waals surface area contributed by atoms with Crippen LogP contribution in [0.2, 0.25) is 0 Å². The minimum Gasteiger partial charge on any atom is -0.390 e. The first-order valence-electron chi connectivity index (χ1n) is 9.02. The van der Waals surface area contributed by atoms with Gasteiger partial charge < -0.3 is 10.0 Å². The lowest BCUT2D eigenvalue weighted by Crippen LogP contribution is -2.41. The highest BCUT2D eigenvalue weighted by atomic mass is 16.3. The van der Waals surface area contributed by atoms with E-state index in [9.17, 15) is 9.90 Å². The fraction of sp³-hybridized carbons (Fsp3) is 0.500. The molecule has 2 aromatic rings. The molecule has 0 saturated carbocycles. The van der Waals surface area contributed by atoms with Crippen LogP contribution in [0.4, 0.5) is 0 Å². The third-order valence-corrected chi connectivity index (χ3v) is 5.03. The predicted molar refractivity (Wildman–Crippen MR) is 97.6 cm³/mol. The van der Waals surface area contributed by atoms with Crippen molar-refractivity contribution in [2.75, 3.05) is 19.6 Å². The van der Waals surface area contributed by atoms with Crippen molar-refractivity contribution in [2.24, 2.45) is 5.92 Å². The molecular weight excluding hydrogens is 314 g/mol. The molecule has 25 heavy (non-hydrogen) atoms. The average Bonchev–Trinajstić information content (AvgIpc) is 3.08. The second-order valence-electron chi connectivity index (χ2n) is 7.14. The fourth-order valence-electron chi connectivity index (χ4n) is 3.67. The molecule has 1 aromatic heterocycles. The van der Waals surface area contributed by atoms with Gasteiger partial charge in [0.05, 0.1) is 12.6 Å². The van der Waals surface area contributed by atoms with E-state index in [0.717, 1.165) is 37.1 Å². The van der Waals surface area contributed by atoms with Crippen LogP contribution >= 0.6 is 0 Å². The minimum atomic E-state index is -0.438. The van der Waals surface area contributed by atoms with Gasteiger partial charge in [-0.3, -0.25) is 9.48 Å². The number of β-amino-alcohol motifs (C(OH)–C–C–N with tert-alkyl or cyclic N) is 1. The van der Waals surface area contributed by atoms with Gasteiger partial charge in [-0.15, -0.1) is 0 Å². The monoisotopic (exact) mass is 341 g/mol. The van der Waals surface area contributed by atoms with Gasteiger partial charge in [0.25, 0.3) is 0 Å². The molecule has 0 amide bonds. The van der Waals surface area contributed by atoms with Crippen LogP contribution in [0.1, 0.15) is 34.3 Å². The molecule has 0 aliphatic carbocycles. The molecule has 1 atom stereocenters. The van der Waals surface area contributed by atoms with Crippen molar-refractivity contribution in [2.45, 2.75) is 39.3 Å². The van der Waals surface area contributed by atoms with Crippen molar-refractivity contribution in [1.29, 1.82) is 0 Å². The Morgan fingerprint density at radius 1 is 1.28 bits per heavy atom. The summed E-state index contributed by atoms with van der Waals surface area (Å²) in [5.41, 5.74) is 3.12. The normalized spacial score (nSPS) is 17.6. The van der Waals surface area contributed by atoms with E-state index < -0.39 is 6.10 Å². The first-order valence-corrected chi connectivity index (χ1v) is 9.02. The van der Waals surface area contributed by atoms with Crippen LogP contribution in [-0.4, -0.2) is 51.3 Å². The van der Waals surface area contributed by atoms with Gasteiger partial charge in [-0.05, 0) is 51.4 Å². The number of rotatable bonds is 6. The smallest absolute Gasteiger partial charge is 0.166 e. The number of likely N-dealkylation sites (tertiary alicyclic amines) is 1. The van der Waals surface area contributed by atoms with Crippen molar-refractivity contribution >= 4 is 5.78 Å². The van der Waals surface area contributed by atoms with Crippen LogP contribution in [0.3, 0.4) is 0 Å². The van der Waals surface area contributed by atoms with Gasteiger partial charge in [-0.25, -0.2) is 0 Å². The molecule has 0 spiro atoms. The van der Waals surface area contributed by atoms with Crippen molar-refractivity contribution in [3.63, 3.8) is 0 Å². The van der Waals surface area contributed by atoms with E-state index >= 15 is 0 Å². The first-order chi connectivity index (χ1) is 12.0. The summed E-state index contributed by atoms with van der Waals surface area (Å²) in [4.78, 5) is 15.0. The maximum absolute atomic E-state index is 12.8. The number of ketones is 1. The standard InChI is InChI=1S/C20H27N3O2/c1-15-4-5-19(16(2)12-15)20(25)17-6-10-22(11-7-17)13-18(24)14-23-9-3-8-21-23/h3-5,8-9,12,17-18,24H,6-7,10-11,13-14H2,1-2H3. The first kappa shape index (κ1) is 17.8. The highest BCUT2D eigenvalue weighted by Gasteiger charge is 2.27. The molecule has 1 fully saturated rings. The van der Waals surface area contributed by atoms with Crippen LogP contribution in [0.15, 0.2) is 36.7 Å². The molecule has 134 valence electrons. The number of Topliss-reactive ketones (excluding diaryl/α,β-unsaturated/α-hetero) is 1. The molecule has 3 rings (SSSR count). The number of aryl methyl sites for hydroxylation is 2. The number of piperidine rings is 1. The lowest BCUT2D eigenvalue weighted by Gasteiger charge is -2.32. The van der Waals surface area contributed by atoms with Crippen LogP contribution in [0.25, 0.3) is 0 Å². The zero-order chi connectivity index (χ0) is 17.8. The molecule has 1 saturated heterocycles. The molecule has 5 heteroatoms. The number of benzene rings is 1. The molecule has 1 aliphatic heterocycles. The van der Waals surface area contributed by atoms with Crippen LogP contribution in [0.5, 0.6) is 0 Å². The summed E-state index contributed by atoms with van der Waals surface area (Å²) in [5.74, 6) is 0.371. The van der Waals surface area contributed by atoms with Gasteiger partial charge in [-0.2, -0.15) is 5.10 Å². The maximum atomic E-state index is 12.8. The molecular formula is C20H27N3O2. The van der Waals surface area contributed by atoms with Gasteiger partial charge in [0.1, 0.15) is 0 Å². The lowest BCUT2D eigenvalue weighted by molar-refractivity contribution is 0.0668. The Hall–Kier alpha value is -1.98. The summed E-state index contributed by atoms with van der Waals surface area (Å²) in [6.45, 7) is 6.92. The number of hydrogen-bond donors (Lipinski definition) is 1. The topological polar surface area (TPSA) is 58.4 Å². The SMILES string of the molecule is Cc1ccc(C(=O)C2CCN(CC(O)Cn3cccn3)CC2)c(C)c1. The Bertz CT molecular complexity index is 704. The second-order valence-corrected chi connectivity index (χ2v) is 7.14. The van der Waals surface area contributed by atoms with Crippen molar-refractivity contribution in [3.8, 4) is 0 Å². The summed E-state index contributed by atoms with van der Waals surface area (Å²) in [7, 11) is 0. The number of carbonyl (C=O) groups is 1. The quantitative estimate of drug-likeness (QED) is 0.820. The van der Waals surface area contributed by atoms with Crippen LogP contribution < -0.4 is 0 Å². The summed E-state index contributed by atoms with van der Waals surface area (Å²) >= 11 is 0. The fourth-order valence-corrected chi connectivity index (χ4v) is 3.67. The Morgan fingerprint density at radius 3 is 2.68 bits per heavy atom. The molecule has 1 aliphatic rings. The van der Waals surface area contributed by atoms with Crippen molar-refractivity contribution in [3.05, 3.63) is 53.3 Å². The van der Waals surface area contributed by atoms with Crippen molar-refractivity contribution in [1.82, 2.24) is 14.7 Å². The summed E-state index contributed by atoms with van der Waals surface area (Å²) in [6.07, 6.45) is 4.86. The van der Waals surface area contributed by atoms with E-state index in [0.29, 0.717) is 13.1 Å². The molecule has 0 bridgehead atoms. The molecule has 1 N–H and O–H groups in total. The minimum absolute atomic E-state index is 0.0981. The average molecular weight is 341 g/mol. The highest BCUT2D eigenvalue weighted by Crippen LogP contribution is 2.24. The van der Waals surface area contributed by atoms with Crippen LogP contribution in [0, 0.1) is 19.8 Å². The number of carbonyl (C=O) groups excluding carboxylic acids is 1. The second kappa shape index (κ2) is 7.93. The molecule has 0 radical (unpaired) electrons. The highest BCUT2D eigenvalue weighted by molar-refractivity contribution is 5.99. The van der Waals surface area contributed by atoms with Gasteiger partial charge in [0.15, 0.2) is 5.78 Å². The maximum Gasteiger partial charge on any atom is 0.166 e. The van der Waals surface area contributed by atoms with E-state index in [1.54, 1.807) is 10.9 Å². The Kier molecular flexibility index (Phi) is 5.66. The summed E-state index contributed by atoms with van der Waals surface area (Å²) < 4.78 is 1.75. The third kappa shape index (κ3) is 4.55. The molecule has 2 heterocycles. The van der Waals surface area contributed by atoms with Gasteiger partial charge >= 0.3 is 0 Å². The summed E-state index contributed by atoms with van der Waals surface area (Å²) in [5, 5.41) is 14.3. The van der Waals surface area contributed by atoms with E-state index in [1.165, 1.54) is 5.56 Å².